The van der Waals surface area contributed by atoms with Crippen LogP contribution >= 0.6 is 0 Å². The zero-order valence-electron chi connectivity index (χ0n) is 14.7. The standard InChI is InChI=1S/C17H24N4O4/c1-21-14-8-12(4-5-13(14)10-19-21)9-18-16(22)20-15-11-25-7-6-17(15,23-2)24-3/h4-5,8,10,15H,6-7,9,11H2,1-3H3,(H2,18,20,22). The van der Waals surface area contributed by atoms with Gasteiger partial charge in [0.25, 0.3) is 0 Å². The topological polar surface area (TPSA) is 86.6 Å². The Kier molecular flexibility index (Phi) is 5.22. The highest BCUT2D eigenvalue weighted by Crippen LogP contribution is 2.25. The summed E-state index contributed by atoms with van der Waals surface area (Å²) in [6.07, 6.45) is 2.37. The Morgan fingerprint density at radius 2 is 2.24 bits per heavy atom. The summed E-state index contributed by atoms with van der Waals surface area (Å²) in [7, 11) is 5.04. The van der Waals surface area contributed by atoms with Crippen LogP contribution in [0, 0.1) is 0 Å². The van der Waals surface area contributed by atoms with E-state index in [1.165, 1.54) is 0 Å². The van der Waals surface area contributed by atoms with Crippen LogP contribution < -0.4 is 10.6 Å². The molecule has 1 aliphatic rings. The second kappa shape index (κ2) is 7.38. The molecule has 0 saturated carbocycles. The average Bonchev–Trinajstić information content (AvgIpc) is 3.01. The minimum absolute atomic E-state index is 0.293. The molecule has 0 spiro atoms. The van der Waals surface area contributed by atoms with Crippen LogP contribution in [0.2, 0.25) is 0 Å². The lowest BCUT2D eigenvalue weighted by Gasteiger charge is -2.41. The monoisotopic (exact) mass is 348 g/mol. The summed E-state index contributed by atoms with van der Waals surface area (Å²) in [5.74, 6) is -0.858. The lowest BCUT2D eigenvalue weighted by molar-refractivity contribution is -0.256. The fourth-order valence-electron chi connectivity index (χ4n) is 3.13. The molecule has 1 aromatic heterocycles. The van der Waals surface area contributed by atoms with Crippen LogP contribution in [0.15, 0.2) is 24.4 Å². The maximum absolute atomic E-state index is 12.3. The minimum Gasteiger partial charge on any atom is -0.379 e. The largest absolute Gasteiger partial charge is 0.379 e. The van der Waals surface area contributed by atoms with Crippen LogP contribution in [0.5, 0.6) is 0 Å². The number of ether oxygens (including phenoxy) is 3. The summed E-state index contributed by atoms with van der Waals surface area (Å²) in [4.78, 5) is 12.3. The number of aryl methyl sites for hydroxylation is 1. The minimum atomic E-state index is -0.858. The molecule has 0 radical (unpaired) electrons. The Labute approximate surface area is 146 Å². The molecule has 1 saturated heterocycles. The van der Waals surface area contributed by atoms with Crippen molar-refractivity contribution in [3.05, 3.63) is 30.0 Å². The van der Waals surface area contributed by atoms with Crippen molar-refractivity contribution < 1.29 is 19.0 Å². The molecule has 0 aliphatic carbocycles. The molecule has 1 atom stereocenters. The van der Waals surface area contributed by atoms with E-state index >= 15 is 0 Å². The second-order valence-corrected chi connectivity index (χ2v) is 6.09. The smallest absolute Gasteiger partial charge is 0.315 e. The Morgan fingerprint density at radius 1 is 1.44 bits per heavy atom. The predicted molar refractivity (Wildman–Crippen MR) is 92.1 cm³/mol. The zero-order valence-corrected chi connectivity index (χ0v) is 14.7. The number of aromatic nitrogens is 2. The molecule has 136 valence electrons. The van der Waals surface area contributed by atoms with Gasteiger partial charge in [0.15, 0.2) is 5.79 Å². The SMILES string of the molecule is COC1(OC)CCOCC1NC(=O)NCc1ccc2cnn(C)c2c1. The summed E-state index contributed by atoms with van der Waals surface area (Å²) >= 11 is 0. The summed E-state index contributed by atoms with van der Waals surface area (Å²) in [6, 6.07) is 5.31. The van der Waals surface area contributed by atoms with Gasteiger partial charge in [0.1, 0.15) is 6.04 Å². The fraction of sp³-hybridized carbons (Fsp3) is 0.529. The maximum Gasteiger partial charge on any atom is 0.315 e. The van der Waals surface area contributed by atoms with E-state index in [2.05, 4.69) is 15.7 Å². The van der Waals surface area contributed by atoms with E-state index in [4.69, 9.17) is 14.2 Å². The lowest BCUT2D eigenvalue weighted by atomic mass is 10.0. The van der Waals surface area contributed by atoms with Crippen molar-refractivity contribution in [2.24, 2.45) is 7.05 Å². The van der Waals surface area contributed by atoms with Crippen LogP contribution in [0.25, 0.3) is 10.9 Å². The molecule has 0 bridgehead atoms. The van der Waals surface area contributed by atoms with Crippen molar-refractivity contribution in [3.8, 4) is 0 Å². The number of carbonyl (C=O) groups is 1. The molecule has 8 nitrogen and oxygen atoms in total. The third-order valence-electron chi connectivity index (χ3n) is 4.67. The molecular weight excluding hydrogens is 324 g/mol. The summed E-state index contributed by atoms with van der Waals surface area (Å²) in [5.41, 5.74) is 2.02. The van der Waals surface area contributed by atoms with Gasteiger partial charge < -0.3 is 24.8 Å². The van der Waals surface area contributed by atoms with Gasteiger partial charge in [-0.15, -0.1) is 0 Å². The number of nitrogens with zero attached hydrogens (tertiary/aromatic N) is 2. The van der Waals surface area contributed by atoms with Crippen molar-refractivity contribution in [1.82, 2.24) is 20.4 Å². The van der Waals surface area contributed by atoms with Gasteiger partial charge in [0.05, 0.1) is 24.9 Å². The van der Waals surface area contributed by atoms with Crippen LogP contribution in [-0.2, 0) is 27.8 Å². The van der Waals surface area contributed by atoms with Crippen molar-refractivity contribution in [3.63, 3.8) is 0 Å². The molecule has 2 aromatic rings. The molecular formula is C17H24N4O4. The Hall–Kier alpha value is -2.16. The molecule has 8 heteroatoms. The molecule has 1 aromatic carbocycles. The highest BCUT2D eigenvalue weighted by Gasteiger charge is 2.43. The van der Waals surface area contributed by atoms with Gasteiger partial charge >= 0.3 is 6.03 Å². The zero-order chi connectivity index (χ0) is 17.9. The fourth-order valence-corrected chi connectivity index (χ4v) is 3.13. The van der Waals surface area contributed by atoms with Gasteiger partial charge in [-0.2, -0.15) is 5.10 Å². The van der Waals surface area contributed by atoms with Gasteiger partial charge in [0, 0.05) is 39.6 Å². The van der Waals surface area contributed by atoms with E-state index in [0.29, 0.717) is 26.2 Å². The number of rotatable bonds is 5. The first-order chi connectivity index (χ1) is 12.1. The number of hydrogen-bond acceptors (Lipinski definition) is 5. The van der Waals surface area contributed by atoms with Crippen molar-refractivity contribution >= 4 is 16.9 Å². The van der Waals surface area contributed by atoms with E-state index in [0.717, 1.165) is 16.5 Å². The Balaban J connectivity index is 1.60. The van der Waals surface area contributed by atoms with E-state index in [9.17, 15) is 4.79 Å². The number of nitrogens with one attached hydrogen (secondary N) is 2. The van der Waals surface area contributed by atoms with E-state index in [-0.39, 0.29) is 12.1 Å². The van der Waals surface area contributed by atoms with Crippen LogP contribution in [-0.4, -0.2) is 55.1 Å². The van der Waals surface area contributed by atoms with Gasteiger partial charge in [-0.1, -0.05) is 12.1 Å². The van der Waals surface area contributed by atoms with E-state index in [1.807, 2.05) is 36.1 Å². The van der Waals surface area contributed by atoms with E-state index < -0.39 is 5.79 Å². The first kappa shape index (κ1) is 17.7. The molecule has 2 amide bonds. The van der Waals surface area contributed by atoms with Gasteiger partial charge in [-0.25, -0.2) is 4.79 Å². The van der Waals surface area contributed by atoms with Crippen LogP contribution in [0.3, 0.4) is 0 Å². The highest BCUT2D eigenvalue weighted by molar-refractivity contribution is 5.79. The predicted octanol–water partition coefficient (Wildman–Crippen LogP) is 1.15. The molecule has 1 aliphatic heterocycles. The molecule has 1 unspecified atom stereocenters. The summed E-state index contributed by atoms with van der Waals surface area (Å²) in [5, 5.41) is 11.0. The first-order valence-corrected chi connectivity index (χ1v) is 8.21. The van der Waals surface area contributed by atoms with Crippen LogP contribution in [0.4, 0.5) is 4.79 Å². The van der Waals surface area contributed by atoms with Gasteiger partial charge in [-0.3, -0.25) is 4.68 Å². The summed E-state index contributed by atoms with van der Waals surface area (Å²) in [6.45, 7) is 1.29. The van der Waals surface area contributed by atoms with Crippen molar-refractivity contribution in [2.45, 2.75) is 24.8 Å². The Morgan fingerprint density at radius 3 is 3.00 bits per heavy atom. The van der Waals surface area contributed by atoms with E-state index in [1.54, 1.807) is 14.2 Å². The molecule has 2 heterocycles. The third-order valence-corrected chi connectivity index (χ3v) is 4.67. The van der Waals surface area contributed by atoms with Crippen molar-refractivity contribution in [1.29, 1.82) is 0 Å². The number of benzene rings is 1. The molecule has 1 fully saturated rings. The highest BCUT2D eigenvalue weighted by atomic mass is 16.7. The second-order valence-electron chi connectivity index (χ2n) is 6.09. The molecule has 3 rings (SSSR count). The molecule has 25 heavy (non-hydrogen) atoms. The van der Waals surface area contributed by atoms with Crippen molar-refractivity contribution in [2.75, 3.05) is 27.4 Å². The number of urea groups is 1. The number of amides is 2. The normalized spacial score (nSPS) is 19.7. The lowest BCUT2D eigenvalue weighted by Crippen LogP contribution is -2.61. The van der Waals surface area contributed by atoms with Gasteiger partial charge in [0.2, 0.25) is 0 Å². The molecule has 2 N–H and O–H groups in total. The number of hydrogen-bond donors (Lipinski definition) is 2. The van der Waals surface area contributed by atoms with Gasteiger partial charge in [-0.05, 0) is 11.6 Å². The maximum atomic E-state index is 12.3. The number of fused-ring (bicyclic) bond motifs is 1. The first-order valence-electron chi connectivity index (χ1n) is 8.21. The number of methoxy groups -OCH3 is 2. The third kappa shape index (κ3) is 3.60. The van der Waals surface area contributed by atoms with Crippen LogP contribution in [0.1, 0.15) is 12.0 Å². The summed E-state index contributed by atoms with van der Waals surface area (Å²) < 4.78 is 18.3. The quantitative estimate of drug-likeness (QED) is 0.792. The Bertz CT molecular complexity index is 741. The average molecular weight is 348 g/mol. The number of carbonyl (C=O) groups excluding carboxylic acids is 1.